The molecule has 0 saturated heterocycles. The maximum Gasteiger partial charge on any atom is 0.171 e. The monoisotopic (exact) mass is 392 g/mol. The lowest BCUT2D eigenvalue weighted by Crippen LogP contribution is -2.27. The molecule has 0 aliphatic heterocycles. The van der Waals surface area contributed by atoms with Crippen LogP contribution in [0.1, 0.15) is 31.2 Å². The first-order valence-electron chi connectivity index (χ1n) is 9.65. The fraction of sp³-hybridized carbons (Fsp3) is 0.273. The summed E-state index contributed by atoms with van der Waals surface area (Å²) in [6, 6.07) is 16.3. The molecule has 2 aromatic carbocycles. The third-order valence-corrected chi connectivity index (χ3v) is 5.16. The van der Waals surface area contributed by atoms with Crippen LogP contribution in [0.15, 0.2) is 67.3 Å². The van der Waals surface area contributed by atoms with Crippen molar-refractivity contribution in [3.63, 3.8) is 0 Å². The van der Waals surface area contributed by atoms with E-state index < -0.39 is 0 Å². The fourth-order valence-corrected chi connectivity index (χ4v) is 3.56. The quantitative estimate of drug-likeness (QED) is 0.597. The second-order valence-electron chi connectivity index (χ2n) is 6.99. The van der Waals surface area contributed by atoms with Crippen LogP contribution in [0, 0.1) is 0 Å². The number of aromatic nitrogens is 2. The highest BCUT2D eigenvalue weighted by atomic mass is 32.1. The lowest BCUT2D eigenvalue weighted by Gasteiger charge is -2.14. The SMILES string of the molecule is S=C(NCc1ccc(-n2ccnc2)cc1)Nc1ccc(OC2CCCC2)cc1. The maximum atomic E-state index is 6.00. The van der Waals surface area contributed by atoms with Crippen LogP contribution in [0.3, 0.4) is 0 Å². The summed E-state index contributed by atoms with van der Waals surface area (Å²) in [6.45, 7) is 0.666. The van der Waals surface area contributed by atoms with Crippen LogP contribution in [0.25, 0.3) is 5.69 Å². The predicted molar refractivity (Wildman–Crippen MR) is 116 cm³/mol. The Morgan fingerprint density at radius 3 is 2.50 bits per heavy atom. The zero-order valence-corrected chi connectivity index (χ0v) is 16.5. The highest BCUT2D eigenvalue weighted by molar-refractivity contribution is 7.80. The van der Waals surface area contributed by atoms with Crippen LogP contribution < -0.4 is 15.4 Å². The minimum atomic E-state index is 0.377. The van der Waals surface area contributed by atoms with Crippen LogP contribution in [0.2, 0.25) is 0 Å². The molecule has 1 saturated carbocycles. The highest BCUT2D eigenvalue weighted by Crippen LogP contribution is 2.25. The first-order chi connectivity index (χ1) is 13.8. The second kappa shape index (κ2) is 8.89. The molecule has 3 aromatic rings. The summed E-state index contributed by atoms with van der Waals surface area (Å²) in [5.41, 5.74) is 3.20. The summed E-state index contributed by atoms with van der Waals surface area (Å²) < 4.78 is 7.97. The van der Waals surface area contributed by atoms with E-state index in [4.69, 9.17) is 17.0 Å². The molecule has 4 rings (SSSR count). The van der Waals surface area contributed by atoms with Crippen molar-refractivity contribution in [3.05, 3.63) is 72.8 Å². The topological polar surface area (TPSA) is 51.1 Å². The van der Waals surface area contributed by atoms with Crippen LogP contribution in [0.5, 0.6) is 5.75 Å². The molecular formula is C22H24N4OS. The summed E-state index contributed by atoms with van der Waals surface area (Å²) in [7, 11) is 0. The van der Waals surface area contributed by atoms with Crippen molar-refractivity contribution < 1.29 is 4.74 Å². The van der Waals surface area contributed by atoms with Crippen LogP contribution in [-0.4, -0.2) is 20.8 Å². The average molecular weight is 393 g/mol. The van der Waals surface area contributed by atoms with E-state index in [9.17, 15) is 0 Å². The first kappa shape index (κ1) is 18.5. The van der Waals surface area contributed by atoms with E-state index in [1.165, 1.54) is 12.8 Å². The number of ether oxygens (including phenoxy) is 1. The van der Waals surface area contributed by atoms with E-state index in [0.29, 0.717) is 17.8 Å². The number of nitrogens with one attached hydrogen (secondary N) is 2. The van der Waals surface area contributed by atoms with E-state index in [-0.39, 0.29) is 0 Å². The molecule has 2 N–H and O–H groups in total. The van der Waals surface area contributed by atoms with E-state index in [1.54, 1.807) is 12.5 Å². The van der Waals surface area contributed by atoms with E-state index in [0.717, 1.165) is 35.5 Å². The van der Waals surface area contributed by atoms with Crippen LogP contribution in [-0.2, 0) is 6.54 Å². The molecule has 144 valence electrons. The predicted octanol–water partition coefficient (Wildman–Crippen LogP) is 4.68. The minimum absolute atomic E-state index is 0.377. The molecule has 0 bridgehead atoms. The van der Waals surface area contributed by atoms with E-state index in [1.807, 2.05) is 35.0 Å². The first-order valence-corrected chi connectivity index (χ1v) is 10.1. The number of nitrogens with zero attached hydrogens (tertiary/aromatic N) is 2. The average Bonchev–Trinajstić information content (AvgIpc) is 3.43. The second-order valence-corrected chi connectivity index (χ2v) is 7.40. The smallest absolute Gasteiger partial charge is 0.171 e. The number of anilines is 1. The molecule has 1 aromatic heterocycles. The van der Waals surface area contributed by atoms with Gasteiger partial charge in [0, 0.05) is 30.3 Å². The van der Waals surface area contributed by atoms with Gasteiger partial charge in [0.2, 0.25) is 0 Å². The number of imidazole rings is 1. The zero-order valence-electron chi connectivity index (χ0n) is 15.7. The Bertz CT molecular complexity index is 885. The highest BCUT2D eigenvalue weighted by Gasteiger charge is 2.16. The molecule has 0 atom stereocenters. The summed E-state index contributed by atoms with van der Waals surface area (Å²) in [6.07, 6.45) is 10.7. The molecule has 1 aliphatic carbocycles. The molecule has 0 unspecified atom stereocenters. The maximum absolute atomic E-state index is 6.00. The van der Waals surface area contributed by atoms with Crippen molar-refractivity contribution in [1.82, 2.24) is 14.9 Å². The third kappa shape index (κ3) is 4.89. The van der Waals surface area contributed by atoms with Crippen LogP contribution >= 0.6 is 12.2 Å². The molecule has 28 heavy (non-hydrogen) atoms. The Kier molecular flexibility index (Phi) is 5.87. The van der Waals surface area contributed by atoms with Gasteiger partial charge >= 0.3 is 0 Å². The van der Waals surface area contributed by atoms with E-state index >= 15 is 0 Å². The lowest BCUT2D eigenvalue weighted by molar-refractivity contribution is 0.210. The molecule has 6 heteroatoms. The van der Waals surface area contributed by atoms with Gasteiger partial charge in [0.25, 0.3) is 0 Å². The molecule has 1 fully saturated rings. The van der Waals surface area contributed by atoms with Gasteiger partial charge in [-0.3, -0.25) is 0 Å². The Balaban J connectivity index is 1.25. The standard InChI is InChI=1S/C22H24N4OS/c28-22(24-15-17-5-9-19(10-6-17)26-14-13-23-16-26)25-18-7-11-21(12-8-18)27-20-3-1-2-4-20/h5-14,16,20H,1-4,15H2,(H2,24,25,28). The molecule has 0 spiro atoms. The third-order valence-electron chi connectivity index (χ3n) is 4.91. The van der Waals surface area contributed by atoms with Gasteiger partial charge in [0.15, 0.2) is 5.11 Å². The van der Waals surface area contributed by atoms with Gasteiger partial charge in [0.05, 0.1) is 12.4 Å². The molecule has 0 amide bonds. The summed E-state index contributed by atoms with van der Waals surface area (Å²) in [4.78, 5) is 4.07. The zero-order chi connectivity index (χ0) is 19.2. The van der Waals surface area contributed by atoms with Gasteiger partial charge in [-0.05, 0) is 79.9 Å². The van der Waals surface area contributed by atoms with Crippen LogP contribution in [0.4, 0.5) is 5.69 Å². The number of hydrogen-bond donors (Lipinski definition) is 2. The summed E-state index contributed by atoms with van der Waals surface area (Å²) in [5.74, 6) is 0.925. The fourth-order valence-electron chi connectivity index (χ4n) is 3.37. The van der Waals surface area contributed by atoms with Crippen molar-refractivity contribution in [2.45, 2.75) is 38.3 Å². The van der Waals surface area contributed by atoms with Gasteiger partial charge < -0.3 is 19.9 Å². The van der Waals surface area contributed by atoms with Crippen molar-refractivity contribution in [3.8, 4) is 11.4 Å². The Morgan fingerprint density at radius 1 is 1.07 bits per heavy atom. The van der Waals surface area contributed by atoms with Crippen molar-refractivity contribution in [2.75, 3.05) is 5.32 Å². The molecule has 1 aliphatic rings. The molecular weight excluding hydrogens is 368 g/mol. The minimum Gasteiger partial charge on any atom is -0.490 e. The molecule has 1 heterocycles. The number of thiocarbonyl (C=S) groups is 1. The lowest BCUT2D eigenvalue weighted by atomic mass is 10.2. The van der Waals surface area contributed by atoms with Gasteiger partial charge in [-0.2, -0.15) is 0 Å². The van der Waals surface area contributed by atoms with Gasteiger partial charge in [0.1, 0.15) is 5.75 Å². The Hall–Kier alpha value is -2.86. The summed E-state index contributed by atoms with van der Waals surface area (Å²) >= 11 is 5.41. The number of benzene rings is 2. The Morgan fingerprint density at radius 2 is 1.82 bits per heavy atom. The largest absolute Gasteiger partial charge is 0.490 e. The van der Waals surface area contributed by atoms with Gasteiger partial charge in [-0.15, -0.1) is 0 Å². The van der Waals surface area contributed by atoms with Gasteiger partial charge in [-0.25, -0.2) is 4.98 Å². The molecule has 0 radical (unpaired) electrons. The number of hydrogen-bond acceptors (Lipinski definition) is 3. The van der Waals surface area contributed by atoms with Crippen molar-refractivity contribution in [1.29, 1.82) is 0 Å². The van der Waals surface area contributed by atoms with Crippen molar-refractivity contribution in [2.24, 2.45) is 0 Å². The van der Waals surface area contributed by atoms with Crippen molar-refractivity contribution >= 4 is 23.0 Å². The Labute approximate surface area is 170 Å². The van der Waals surface area contributed by atoms with Gasteiger partial charge in [-0.1, -0.05) is 12.1 Å². The number of rotatable bonds is 6. The van der Waals surface area contributed by atoms with E-state index in [2.05, 4.69) is 39.9 Å². The summed E-state index contributed by atoms with van der Waals surface area (Å²) in [5, 5.41) is 7.06. The molecule has 5 nitrogen and oxygen atoms in total. The normalized spacial score (nSPS) is 14.0.